The second-order valence-electron chi connectivity index (χ2n) is 13.2. The number of ether oxygens (including phenoxy) is 1. The lowest BCUT2D eigenvalue weighted by atomic mass is 9.43. The van der Waals surface area contributed by atoms with Crippen molar-refractivity contribution < 1.29 is 33.2 Å². The molecule has 1 saturated heterocycles. The summed E-state index contributed by atoms with van der Waals surface area (Å²) in [6.45, 7) is 12.1. The van der Waals surface area contributed by atoms with Crippen LogP contribution < -0.4 is 21.3 Å². The zero-order chi connectivity index (χ0) is 31.5. The number of hydrogen-bond donors (Lipinski definition) is 4. The van der Waals surface area contributed by atoms with Gasteiger partial charge in [0.05, 0.1) is 25.3 Å². The summed E-state index contributed by atoms with van der Waals surface area (Å²) in [5.74, 6) is -0.610. The van der Waals surface area contributed by atoms with Crippen LogP contribution in [0.1, 0.15) is 66.4 Å². The van der Waals surface area contributed by atoms with E-state index < -0.39 is 43.2 Å². The quantitative estimate of drug-likeness (QED) is 0.271. The van der Waals surface area contributed by atoms with Crippen molar-refractivity contribution in [2.45, 2.75) is 97.1 Å². The van der Waals surface area contributed by atoms with Crippen LogP contribution in [0.4, 0.5) is 4.79 Å². The molecule has 43 heavy (non-hydrogen) atoms. The van der Waals surface area contributed by atoms with Crippen molar-refractivity contribution in [2.24, 2.45) is 23.2 Å². The third-order valence-corrected chi connectivity index (χ3v) is 9.81. The van der Waals surface area contributed by atoms with Gasteiger partial charge in [-0.05, 0) is 54.9 Å². The summed E-state index contributed by atoms with van der Waals surface area (Å²) >= 11 is 0. The van der Waals surface area contributed by atoms with E-state index in [0.29, 0.717) is 18.3 Å². The molecule has 4 fully saturated rings. The molecule has 1 aliphatic heterocycles. The summed E-state index contributed by atoms with van der Waals surface area (Å²) in [6, 6.07) is 6.52. The van der Waals surface area contributed by atoms with Gasteiger partial charge in [-0.1, -0.05) is 65.0 Å². The molecule has 1 aromatic rings. The molecule has 1 aromatic carbocycles. The van der Waals surface area contributed by atoms with E-state index in [0.717, 1.165) is 18.4 Å². The predicted octanol–water partition coefficient (Wildman–Crippen LogP) is 2.37. The normalized spacial score (nSPS) is 27.2. The fourth-order valence-electron chi connectivity index (χ4n) is 7.01. The maximum absolute atomic E-state index is 13.5. The minimum absolute atomic E-state index is 0.0125. The smallest absolute Gasteiger partial charge is 0.453 e. The number of carbonyl (C=O) groups is 4. The van der Waals surface area contributed by atoms with Crippen LogP contribution in [0.15, 0.2) is 30.3 Å². The molecule has 2 unspecified atom stereocenters. The van der Waals surface area contributed by atoms with Crippen LogP contribution in [0.25, 0.3) is 0 Å². The van der Waals surface area contributed by atoms with Crippen LogP contribution in [0.2, 0.25) is 0 Å². The third-order valence-electron chi connectivity index (χ3n) is 9.81. The van der Waals surface area contributed by atoms with Crippen molar-refractivity contribution in [2.75, 3.05) is 13.6 Å². The molecule has 11 nitrogen and oxygen atoms in total. The van der Waals surface area contributed by atoms with E-state index in [-0.39, 0.29) is 41.8 Å². The average molecular weight is 599 g/mol. The third kappa shape index (κ3) is 7.01. The lowest BCUT2D eigenvalue weighted by Crippen LogP contribution is -2.65. The standard InChI is InChI=1S/C31H47BN4O7/c1-8-21(26(37)33-17-32-42-24-16-20-15-23(30(20,4)5)31(24,6)43-32)34-27(38)22(14-19-12-10-9-11-13-19)35-28(39)25(18(2)3)36-29(40)41-7/h9-13,18,20-25H,8,14-17H2,1-7H3,(H,33,37)(H,34,38)(H,35,39)(H,36,40)/t20?,21-,22-,23?,24+,25-,31-/m0/s1. The highest BCUT2D eigenvalue weighted by atomic mass is 16.7. The molecule has 236 valence electrons. The molecule has 12 heteroatoms. The van der Waals surface area contributed by atoms with E-state index in [9.17, 15) is 19.2 Å². The van der Waals surface area contributed by atoms with Crippen molar-refractivity contribution in [1.29, 1.82) is 0 Å². The van der Waals surface area contributed by atoms with Gasteiger partial charge in [-0.2, -0.15) is 0 Å². The SMILES string of the molecule is CC[C@H](NC(=O)[C@H](Cc1ccccc1)NC(=O)[C@@H](NC(=O)OC)C(C)C)C(=O)NCB1O[C@@H]2CC3CC(C3(C)C)[C@]2(C)O1. The van der Waals surface area contributed by atoms with Gasteiger partial charge in [0.25, 0.3) is 0 Å². The molecule has 3 aliphatic carbocycles. The topological polar surface area (TPSA) is 144 Å². The molecule has 4 N–H and O–H groups in total. The lowest BCUT2D eigenvalue weighted by molar-refractivity contribution is -0.199. The number of alkyl carbamates (subject to hydrolysis) is 1. The first kappa shape index (κ1) is 32.8. The van der Waals surface area contributed by atoms with E-state index in [4.69, 9.17) is 9.31 Å². The highest BCUT2D eigenvalue weighted by Crippen LogP contribution is 2.65. The first-order valence-corrected chi connectivity index (χ1v) is 15.4. The van der Waals surface area contributed by atoms with E-state index in [2.05, 4.69) is 46.8 Å². The number of benzene rings is 1. The van der Waals surface area contributed by atoms with E-state index >= 15 is 0 Å². The van der Waals surface area contributed by atoms with E-state index in [1.165, 1.54) is 7.11 Å². The number of carbonyl (C=O) groups excluding carboxylic acids is 4. The molecule has 5 rings (SSSR count). The summed E-state index contributed by atoms with van der Waals surface area (Å²) in [4.78, 5) is 51.8. The Morgan fingerprint density at radius 1 is 0.977 bits per heavy atom. The van der Waals surface area contributed by atoms with Crippen LogP contribution in [0.5, 0.6) is 0 Å². The van der Waals surface area contributed by atoms with Crippen molar-refractivity contribution >= 4 is 30.9 Å². The maximum Gasteiger partial charge on any atom is 0.478 e. The minimum atomic E-state index is -0.989. The molecule has 4 amide bonds. The summed E-state index contributed by atoms with van der Waals surface area (Å²) in [6.07, 6.45) is 2.08. The van der Waals surface area contributed by atoms with Gasteiger partial charge < -0.3 is 35.3 Å². The Morgan fingerprint density at radius 2 is 1.65 bits per heavy atom. The number of hydrogen-bond acceptors (Lipinski definition) is 7. The summed E-state index contributed by atoms with van der Waals surface area (Å²) in [5.41, 5.74) is 0.681. The molecular formula is C31H47BN4O7. The van der Waals surface area contributed by atoms with Gasteiger partial charge in [0.2, 0.25) is 17.7 Å². The Morgan fingerprint density at radius 3 is 2.26 bits per heavy atom. The van der Waals surface area contributed by atoms with Crippen molar-refractivity contribution in [3.8, 4) is 0 Å². The summed E-state index contributed by atoms with van der Waals surface area (Å²) in [7, 11) is 0.663. The van der Waals surface area contributed by atoms with Crippen molar-refractivity contribution in [3.05, 3.63) is 35.9 Å². The van der Waals surface area contributed by atoms with E-state index in [1.807, 2.05) is 30.3 Å². The van der Waals surface area contributed by atoms with Crippen LogP contribution >= 0.6 is 0 Å². The average Bonchev–Trinajstić information content (AvgIpc) is 3.33. The summed E-state index contributed by atoms with van der Waals surface area (Å²) in [5, 5.41) is 11.0. The molecule has 0 radical (unpaired) electrons. The van der Waals surface area contributed by atoms with Gasteiger partial charge in [-0.3, -0.25) is 14.4 Å². The fourth-order valence-corrected chi connectivity index (χ4v) is 7.01. The Labute approximate surface area is 255 Å². The number of rotatable bonds is 12. The largest absolute Gasteiger partial charge is 0.478 e. The zero-order valence-corrected chi connectivity index (χ0v) is 26.4. The molecule has 7 atom stereocenters. The van der Waals surface area contributed by atoms with Gasteiger partial charge in [0, 0.05) is 6.42 Å². The highest BCUT2D eigenvalue weighted by Gasteiger charge is 2.67. The maximum atomic E-state index is 13.5. The van der Waals surface area contributed by atoms with E-state index in [1.54, 1.807) is 20.8 Å². The zero-order valence-electron chi connectivity index (χ0n) is 26.4. The molecule has 0 aromatic heterocycles. The van der Waals surface area contributed by atoms with Crippen molar-refractivity contribution in [1.82, 2.24) is 21.3 Å². The van der Waals surface area contributed by atoms with Gasteiger partial charge in [0.1, 0.15) is 18.1 Å². The highest BCUT2D eigenvalue weighted by molar-refractivity contribution is 6.46. The first-order chi connectivity index (χ1) is 20.3. The van der Waals surface area contributed by atoms with Crippen LogP contribution in [0.3, 0.4) is 0 Å². The number of nitrogens with one attached hydrogen (secondary N) is 4. The monoisotopic (exact) mass is 598 g/mol. The molecule has 0 spiro atoms. The predicted molar refractivity (Wildman–Crippen MR) is 162 cm³/mol. The lowest BCUT2D eigenvalue weighted by Gasteiger charge is -2.64. The minimum Gasteiger partial charge on any atom is -0.453 e. The molecule has 3 saturated carbocycles. The number of amides is 4. The molecule has 2 bridgehead atoms. The number of methoxy groups -OCH3 is 1. The first-order valence-electron chi connectivity index (χ1n) is 15.4. The Hall–Kier alpha value is -3.12. The van der Waals surface area contributed by atoms with Gasteiger partial charge in [-0.25, -0.2) is 4.79 Å². The molecular weight excluding hydrogens is 551 g/mol. The van der Waals surface area contributed by atoms with Gasteiger partial charge >= 0.3 is 13.2 Å². The van der Waals surface area contributed by atoms with Crippen LogP contribution in [-0.2, 0) is 34.9 Å². The van der Waals surface area contributed by atoms with Crippen LogP contribution in [-0.4, -0.2) is 74.3 Å². The molecule has 4 aliphatic rings. The Bertz CT molecular complexity index is 1180. The second kappa shape index (κ2) is 13.3. The Balaban J connectivity index is 1.37. The summed E-state index contributed by atoms with van der Waals surface area (Å²) < 4.78 is 17.3. The van der Waals surface area contributed by atoms with Gasteiger partial charge in [-0.15, -0.1) is 0 Å². The van der Waals surface area contributed by atoms with Crippen molar-refractivity contribution in [3.63, 3.8) is 0 Å². The molecule has 1 heterocycles. The second-order valence-corrected chi connectivity index (χ2v) is 13.2. The fraction of sp³-hybridized carbons (Fsp3) is 0.677. The van der Waals surface area contributed by atoms with Crippen LogP contribution in [0, 0.1) is 23.2 Å². The van der Waals surface area contributed by atoms with Gasteiger partial charge in [0.15, 0.2) is 0 Å². The Kier molecular flexibility index (Phi) is 10.1.